The first-order chi connectivity index (χ1) is 29.3. The molecular weight excluding hydrogens is 771 g/mol. The van der Waals surface area contributed by atoms with Gasteiger partial charge in [0.2, 0.25) is 0 Å². The minimum Gasteiger partial charge on any atom is -0.456 e. The van der Waals surface area contributed by atoms with Crippen LogP contribution in [0.15, 0.2) is 236 Å². The smallest absolute Gasteiger partial charge is 0.184 e. The van der Waals surface area contributed by atoms with Crippen LogP contribution in [0.2, 0.25) is 0 Å². The number of rotatable bonds is 5. The minimum atomic E-state index is -2.77. The van der Waals surface area contributed by atoms with Crippen LogP contribution in [-0.2, 0) is 0 Å². The lowest BCUT2D eigenvalue weighted by atomic mass is 9.90. The molecular formula is C54H37NOS2Si. The van der Waals surface area contributed by atoms with E-state index in [1.165, 1.54) is 68.4 Å². The fraction of sp³-hybridized carbons (Fsp3) is 0.0370. The molecule has 2 nitrogen and oxygen atoms in total. The molecule has 12 rings (SSSR count). The van der Waals surface area contributed by atoms with E-state index in [0.717, 1.165) is 34.0 Å². The van der Waals surface area contributed by atoms with Gasteiger partial charge in [0.25, 0.3) is 0 Å². The second-order valence-electron chi connectivity index (χ2n) is 15.5. The molecule has 1 spiro atoms. The molecule has 3 aliphatic rings. The molecule has 0 saturated heterocycles. The lowest BCUT2D eigenvalue weighted by Crippen LogP contribution is -2.78. The number of fused-ring (bicyclic) bond motifs is 11. The quantitative estimate of drug-likeness (QED) is 0.161. The number of benzene rings is 8. The van der Waals surface area contributed by atoms with Crippen LogP contribution in [0.1, 0.15) is 17.9 Å². The normalized spacial score (nSPS) is 15.9. The molecule has 8 aromatic carbocycles. The molecule has 9 aromatic rings. The fourth-order valence-electron chi connectivity index (χ4n) is 9.72. The van der Waals surface area contributed by atoms with Gasteiger partial charge in [-0.3, -0.25) is 0 Å². The summed E-state index contributed by atoms with van der Waals surface area (Å²) < 4.78 is 6.55. The van der Waals surface area contributed by atoms with Gasteiger partial charge in [-0.1, -0.05) is 181 Å². The van der Waals surface area contributed by atoms with Crippen molar-refractivity contribution in [2.75, 3.05) is 4.90 Å². The van der Waals surface area contributed by atoms with Gasteiger partial charge in [-0.15, -0.1) is 0 Å². The summed E-state index contributed by atoms with van der Waals surface area (Å²) in [4.78, 5) is 7.93. The van der Waals surface area contributed by atoms with Crippen molar-refractivity contribution in [2.45, 2.75) is 31.9 Å². The lowest BCUT2D eigenvalue weighted by molar-refractivity contribution is 0.669. The van der Waals surface area contributed by atoms with Crippen LogP contribution in [0.3, 0.4) is 0 Å². The lowest BCUT2D eigenvalue weighted by Gasteiger charge is -2.44. The summed E-state index contributed by atoms with van der Waals surface area (Å²) in [5.41, 5.74) is 9.10. The molecule has 280 valence electrons. The van der Waals surface area contributed by atoms with Crippen LogP contribution in [0, 0.1) is 0 Å². The third-order valence-corrected chi connectivity index (χ3v) is 20.4. The molecule has 0 bridgehead atoms. The first-order valence-electron chi connectivity index (χ1n) is 20.3. The second-order valence-corrected chi connectivity index (χ2v) is 21.3. The maximum atomic E-state index is 6.55. The number of nitrogens with zero attached hydrogens (tertiary/aromatic N) is 1. The Morgan fingerprint density at radius 2 is 1.07 bits per heavy atom. The van der Waals surface area contributed by atoms with E-state index in [1.54, 1.807) is 0 Å². The zero-order chi connectivity index (χ0) is 38.9. The molecule has 0 N–H and O–H groups in total. The third-order valence-electron chi connectivity index (χ3n) is 12.4. The largest absolute Gasteiger partial charge is 0.456 e. The van der Waals surface area contributed by atoms with Crippen molar-refractivity contribution in [3.63, 3.8) is 0 Å². The van der Waals surface area contributed by atoms with Crippen molar-refractivity contribution in [2.24, 2.45) is 0 Å². The fourth-order valence-corrected chi connectivity index (χ4v) is 19.0. The van der Waals surface area contributed by atoms with E-state index >= 15 is 0 Å². The van der Waals surface area contributed by atoms with Gasteiger partial charge in [-0.25, -0.2) is 0 Å². The average Bonchev–Trinajstić information content (AvgIpc) is 3.69. The van der Waals surface area contributed by atoms with E-state index in [2.05, 4.69) is 211 Å². The van der Waals surface area contributed by atoms with Crippen LogP contribution in [0.25, 0.3) is 33.1 Å². The highest BCUT2D eigenvalue weighted by atomic mass is 32.2. The summed E-state index contributed by atoms with van der Waals surface area (Å²) in [5, 5.41) is 8.13. The monoisotopic (exact) mass is 807 g/mol. The zero-order valence-corrected chi connectivity index (χ0v) is 34.7. The topological polar surface area (TPSA) is 16.4 Å². The summed E-state index contributed by atoms with van der Waals surface area (Å²) in [7, 11) is -2.77. The summed E-state index contributed by atoms with van der Waals surface area (Å²) in [6, 6.07) is 69.5. The van der Waals surface area contributed by atoms with Gasteiger partial charge in [0.15, 0.2) is 8.07 Å². The van der Waals surface area contributed by atoms with Crippen molar-refractivity contribution in [1.82, 2.24) is 0 Å². The van der Waals surface area contributed by atoms with Crippen molar-refractivity contribution in [3.05, 3.63) is 218 Å². The molecule has 1 unspecified atom stereocenters. The van der Waals surface area contributed by atoms with Gasteiger partial charge in [0.1, 0.15) is 11.2 Å². The molecule has 0 radical (unpaired) electrons. The van der Waals surface area contributed by atoms with E-state index < -0.39 is 8.07 Å². The highest BCUT2D eigenvalue weighted by Gasteiger charge is 2.51. The molecule has 1 aromatic heterocycles. The predicted octanol–water partition coefficient (Wildman–Crippen LogP) is 12.3. The number of allylic oxidation sites excluding steroid dienone is 3. The van der Waals surface area contributed by atoms with E-state index in [4.69, 9.17) is 4.42 Å². The van der Waals surface area contributed by atoms with Gasteiger partial charge < -0.3 is 9.32 Å². The van der Waals surface area contributed by atoms with Crippen molar-refractivity contribution in [3.8, 4) is 11.1 Å². The first kappa shape index (κ1) is 34.8. The van der Waals surface area contributed by atoms with Crippen LogP contribution < -0.4 is 25.6 Å². The molecule has 0 amide bonds. The second kappa shape index (κ2) is 14.0. The molecule has 1 atom stereocenters. The molecule has 1 aliphatic carbocycles. The Morgan fingerprint density at radius 3 is 1.78 bits per heavy atom. The molecule has 0 saturated carbocycles. The van der Waals surface area contributed by atoms with E-state index in [0.29, 0.717) is 0 Å². The Balaban J connectivity index is 1.07. The molecule has 2 aliphatic heterocycles. The summed E-state index contributed by atoms with van der Waals surface area (Å²) in [5.74, 6) is 0.283. The van der Waals surface area contributed by atoms with Gasteiger partial charge in [0, 0.05) is 36.6 Å². The number of hydrogen-bond donors (Lipinski definition) is 0. The molecule has 59 heavy (non-hydrogen) atoms. The van der Waals surface area contributed by atoms with Gasteiger partial charge in [-0.2, -0.15) is 0 Å². The summed E-state index contributed by atoms with van der Waals surface area (Å²) in [6.45, 7) is 0. The Kier molecular flexibility index (Phi) is 8.22. The van der Waals surface area contributed by atoms with Gasteiger partial charge in [0.05, 0.1) is 16.8 Å². The molecule has 3 heterocycles. The van der Waals surface area contributed by atoms with Crippen LogP contribution in [0.5, 0.6) is 0 Å². The van der Waals surface area contributed by atoms with Crippen molar-refractivity contribution >= 4 is 85.7 Å². The molecule has 0 fully saturated rings. The Hall–Kier alpha value is -6.24. The van der Waals surface area contributed by atoms with E-state index in [1.807, 2.05) is 23.5 Å². The van der Waals surface area contributed by atoms with Crippen LogP contribution >= 0.6 is 23.5 Å². The highest BCUT2D eigenvalue weighted by Crippen LogP contribution is 2.48. The Morgan fingerprint density at radius 1 is 0.492 bits per heavy atom. The Labute approximate surface area is 353 Å². The number of furan rings is 1. The van der Waals surface area contributed by atoms with Crippen LogP contribution in [0.4, 0.5) is 11.4 Å². The predicted molar refractivity (Wildman–Crippen MR) is 251 cm³/mol. The number of hydrogen-bond acceptors (Lipinski definition) is 4. The third kappa shape index (κ3) is 5.42. The summed E-state index contributed by atoms with van der Waals surface area (Å²) in [6.07, 6.45) is 8.12. The molecule has 5 heteroatoms. The van der Waals surface area contributed by atoms with Crippen molar-refractivity contribution in [1.29, 1.82) is 0 Å². The van der Waals surface area contributed by atoms with Gasteiger partial charge in [-0.05, 0) is 92.4 Å². The number of para-hydroxylation sites is 1. The maximum Gasteiger partial charge on any atom is 0.184 e. The maximum absolute atomic E-state index is 6.55. The van der Waals surface area contributed by atoms with Gasteiger partial charge >= 0.3 is 0 Å². The number of anilines is 2. The SMILES string of the molecule is C1=CC(c2ccc(-c3ccccc3)cc2)CC=C1N(c1cccc2c1Sc1ccccc1[Si]21c2ccccc2Sc2ccccc21)c1cccc2oc3ccccc3c12. The van der Waals surface area contributed by atoms with Crippen LogP contribution in [-0.4, -0.2) is 8.07 Å². The summed E-state index contributed by atoms with van der Waals surface area (Å²) >= 11 is 3.85. The van der Waals surface area contributed by atoms with E-state index in [-0.39, 0.29) is 5.92 Å². The Bertz CT molecular complexity index is 3100. The zero-order valence-electron chi connectivity index (χ0n) is 32.1. The standard InChI is InChI=1S/C54H37NOS2Si/c1-2-14-36(15-3-1)37-28-30-38(31-29-37)39-32-34-40(35-33-39)55(42-17-12-20-45-53(42)41-16-4-5-19-44(41)56-45)43-18-13-27-52-54(43)58-48-23-8-11-26-51(48)59(52)49-24-9-6-21-46(49)57-47-22-7-10-25-50(47)59/h1-32,34-35,39H,33H2. The van der Waals surface area contributed by atoms with E-state index in [9.17, 15) is 0 Å². The average molecular weight is 808 g/mol. The minimum absolute atomic E-state index is 0.283. The highest BCUT2D eigenvalue weighted by molar-refractivity contribution is 8.01. The van der Waals surface area contributed by atoms with Crippen molar-refractivity contribution < 1.29 is 4.42 Å². The first-order valence-corrected chi connectivity index (χ1v) is 23.9.